The third kappa shape index (κ3) is 3.08. The molecule has 0 bridgehead atoms. The molecular weight excluding hydrogens is 262 g/mol. The highest BCUT2D eigenvalue weighted by molar-refractivity contribution is 5.99. The average Bonchev–Trinajstić information content (AvgIpc) is 2.46. The molecule has 0 saturated carbocycles. The van der Waals surface area contributed by atoms with Crippen LogP contribution in [0.5, 0.6) is 0 Å². The van der Waals surface area contributed by atoms with Gasteiger partial charge in [0.1, 0.15) is 6.10 Å². The predicted octanol–water partition coefficient (Wildman–Crippen LogP) is 3.71. The van der Waals surface area contributed by atoms with Crippen LogP contribution in [0.1, 0.15) is 34.5 Å². The highest BCUT2D eigenvalue weighted by Gasteiger charge is 2.25. The van der Waals surface area contributed by atoms with E-state index in [0.717, 1.165) is 6.92 Å². The summed E-state index contributed by atoms with van der Waals surface area (Å²) in [4.78, 5) is 12.1. The van der Waals surface area contributed by atoms with Crippen molar-refractivity contribution in [2.24, 2.45) is 0 Å². The van der Waals surface area contributed by atoms with E-state index in [-0.39, 0.29) is 11.1 Å². The number of hydrogen-bond donors (Lipinski definition) is 1. The van der Waals surface area contributed by atoms with E-state index in [4.69, 9.17) is 0 Å². The van der Waals surface area contributed by atoms with Gasteiger partial charge in [-0.1, -0.05) is 54.6 Å². The number of alkyl halides is 2. The van der Waals surface area contributed by atoms with Gasteiger partial charge in [-0.3, -0.25) is 4.79 Å². The van der Waals surface area contributed by atoms with Crippen LogP contribution in [0.4, 0.5) is 8.78 Å². The van der Waals surface area contributed by atoms with Gasteiger partial charge in [-0.15, -0.1) is 0 Å². The Morgan fingerprint density at radius 1 is 1.05 bits per heavy atom. The summed E-state index contributed by atoms with van der Waals surface area (Å²) in [7, 11) is 0. The first-order chi connectivity index (χ1) is 9.39. The van der Waals surface area contributed by atoms with E-state index in [1.807, 2.05) is 0 Å². The van der Waals surface area contributed by atoms with E-state index < -0.39 is 17.8 Å². The summed E-state index contributed by atoms with van der Waals surface area (Å²) in [6.07, 6.45) is -1.29. The van der Waals surface area contributed by atoms with Crippen molar-refractivity contribution in [2.45, 2.75) is 19.0 Å². The van der Waals surface area contributed by atoms with Crippen molar-refractivity contribution in [3.8, 4) is 0 Å². The average molecular weight is 276 g/mol. The second-order valence-corrected chi connectivity index (χ2v) is 4.64. The van der Waals surface area contributed by atoms with Crippen molar-refractivity contribution in [1.82, 2.24) is 0 Å². The Labute approximate surface area is 115 Å². The van der Waals surface area contributed by atoms with Crippen LogP contribution in [0.15, 0.2) is 54.6 Å². The summed E-state index contributed by atoms with van der Waals surface area (Å²) in [5.74, 6) is -3.46. The maximum Gasteiger partial charge on any atom is 0.270 e. The SMILES string of the molecule is CC(F)(F)c1ccc(C(=O)C(O)c2ccccc2)cc1. The molecule has 0 aliphatic rings. The quantitative estimate of drug-likeness (QED) is 0.864. The molecule has 0 aliphatic carbocycles. The first-order valence-electron chi connectivity index (χ1n) is 6.15. The van der Waals surface area contributed by atoms with Gasteiger partial charge in [-0.2, -0.15) is 0 Å². The standard InChI is InChI=1S/C16H14F2O2/c1-16(17,18)13-9-7-12(8-10-13)15(20)14(19)11-5-3-2-4-6-11/h2-10,14,19H,1H3. The Balaban J connectivity index is 2.22. The van der Waals surface area contributed by atoms with Crippen molar-refractivity contribution in [3.63, 3.8) is 0 Å². The topological polar surface area (TPSA) is 37.3 Å². The lowest BCUT2D eigenvalue weighted by Crippen LogP contribution is -2.13. The number of ketones is 1. The fourth-order valence-corrected chi connectivity index (χ4v) is 1.87. The molecule has 4 heteroatoms. The molecule has 0 aliphatic heterocycles. The summed E-state index contributed by atoms with van der Waals surface area (Å²) >= 11 is 0. The highest BCUT2D eigenvalue weighted by atomic mass is 19.3. The molecule has 1 N–H and O–H groups in total. The Morgan fingerprint density at radius 2 is 1.60 bits per heavy atom. The van der Waals surface area contributed by atoms with Gasteiger partial charge < -0.3 is 5.11 Å². The molecule has 0 spiro atoms. The van der Waals surface area contributed by atoms with Crippen molar-refractivity contribution in [2.75, 3.05) is 0 Å². The van der Waals surface area contributed by atoms with E-state index in [0.29, 0.717) is 5.56 Å². The smallest absolute Gasteiger partial charge is 0.270 e. The first kappa shape index (κ1) is 14.3. The summed E-state index contributed by atoms with van der Waals surface area (Å²) in [5, 5.41) is 9.97. The zero-order chi connectivity index (χ0) is 14.8. The molecule has 2 rings (SSSR count). The van der Waals surface area contributed by atoms with Gasteiger partial charge in [0, 0.05) is 18.1 Å². The van der Waals surface area contributed by atoms with Crippen molar-refractivity contribution < 1.29 is 18.7 Å². The normalized spacial score (nSPS) is 13.0. The Morgan fingerprint density at radius 3 is 2.10 bits per heavy atom. The minimum atomic E-state index is -2.94. The molecule has 2 aromatic rings. The molecule has 2 aromatic carbocycles. The molecule has 1 unspecified atom stereocenters. The molecular formula is C16H14F2O2. The van der Waals surface area contributed by atoms with Gasteiger partial charge in [0.15, 0.2) is 5.78 Å². The molecule has 0 amide bonds. The lowest BCUT2D eigenvalue weighted by molar-refractivity contribution is 0.0174. The minimum Gasteiger partial charge on any atom is -0.380 e. The van der Waals surface area contributed by atoms with Gasteiger partial charge in [-0.05, 0) is 5.56 Å². The highest BCUT2D eigenvalue weighted by Crippen LogP contribution is 2.27. The van der Waals surface area contributed by atoms with Gasteiger partial charge in [0.05, 0.1) is 0 Å². The van der Waals surface area contributed by atoms with Crippen LogP contribution in [0.25, 0.3) is 0 Å². The first-order valence-corrected chi connectivity index (χ1v) is 6.15. The Kier molecular flexibility index (Phi) is 3.95. The van der Waals surface area contributed by atoms with E-state index in [9.17, 15) is 18.7 Å². The third-order valence-corrected chi connectivity index (χ3v) is 3.04. The lowest BCUT2D eigenvalue weighted by atomic mass is 9.98. The van der Waals surface area contributed by atoms with Crippen LogP contribution in [-0.2, 0) is 5.92 Å². The number of halogens is 2. The fraction of sp³-hybridized carbons (Fsp3) is 0.188. The largest absolute Gasteiger partial charge is 0.380 e. The molecule has 0 fully saturated rings. The third-order valence-electron chi connectivity index (χ3n) is 3.04. The number of carbonyl (C=O) groups is 1. The van der Waals surface area contributed by atoms with Crippen LogP contribution >= 0.6 is 0 Å². The lowest BCUT2D eigenvalue weighted by Gasteiger charge is -2.13. The van der Waals surface area contributed by atoms with Gasteiger partial charge in [0.25, 0.3) is 5.92 Å². The number of rotatable bonds is 4. The van der Waals surface area contributed by atoms with E-state index in [1.165, 1.54) is 24.3 Å². The van der Waals surface area contributed by atoms with Gasteiger partial charge >= 0.3 is 0 Å². The van der Waals surface area contributed by atoms with Gasteiger partial charge in [-0.25, -0.2) is 8.78 Å². The maximum absolute atomic E-state index is 13.1. The molecule has 104 valence electrons. The second-order valence-electron chi connectivity index (χ2n) is 4.64. The number of carbonyl (C=O) groups excluding carboxylic acids is 1. The van der Waals surface area contributed by atoms with E-state index in [2.05, 4.69) is 0 Å². The van der Waals surface area contributed by atoms with Crippen LogP contribution in [0, 0.1) is 0 Å². The number of aliphatic hydroxyl groups excluding tert-OH is 1. The molecule has 20 heavy (non-hydrogen) atoms. The van der Waals surface area contributed by atoms with Crippen LogP contribution in [0.2, 0.25) is 0 Å². The Bertz CT molecular complexity index is 586. The zero-order valence-electron chi connectivity index (χ0n) is 10.9. The van der Waals surface area contributed by atoms with Crippen molar-refractivity contribution in [3.05, 3.63) is 71.3 Å². The minimum absolute atomic E-state index is 0.164. The van der Waals surface area contributed by atoms with Crippen molar-refractivity contribution in [1.29, 1.82) is 0 Å². The van der Waals surface area contributed by atoms with Crippen LogP contribution in [-0.4, -0.2) is 10.9 Å². The molecule has 1 atom stereocenters. The number of aliphatic hydroxyl groups is 1. The summed E-state index contributed by atoms with van der Waals surface area (Å²) in [6.45, 7) is 0.794. The van der Waals surface area contributed by atoms with Gasteiger partial charge in [0.2, 0.25) is 0 Å². The van der Waals surface area contributed by atoms with Crippen LogP contribution < -0.4 is 0 Å². The predicted molar refractivity (Wildman–Crippen MR) is 71.7 cm³/mol. The molecule has 0 saturated heterocycles. The van der Waals surface area contributed by atoms with Crippen molar-refractivity contribution >= 4 is 5.78 Å². The van der Waals surface area contributed by atoms with Crippen LogP contribution in [0.3, 0.4) is 0 Å². The number of benzene rings is 2. The maximum atomic E-state index is 13.1. The number of Topliss-reactive ketones (excluding diaryl/α,β-unsaturated/α-hetero) is 1. The molecule has 0 radical (unpaired) electrons. The second kappa shape index (κ2) is 5.51. The summed E-state index contributed by atoms with van der Waals surface area (Å²) in [5.41, 5.74) is 0.514. The van der Waals surface area contributed by atoms with E-state index >= 15 is 0 Å². The molecule has 0 heterocycles. The fourth-order valence-electron chi connectivity index (χ4n) is 1.87. The van der Waals surface area contributed by atoms with E-state index in [1.54, 1.807) is 30.3 Å². The zero-order valence-corrected chi connectivity index (χ0v) is 10.9. The summed E-state index contributed by atoms with van der Waals surface area (Å²) in [6, 6.07) is 13.5. The number of hydrogen-bond acceptors (Lipinski definition) is 2. The summed E-state index contributed by atoms with van der Waals surface area (Å²) < 4.78 is 26.2. The molecule has 2 nitrogen and oxygen atoms in total. The Hall–Kier alpha value is -2.07. The monoisotopic (exact) mass is 276 g/mol. The molecule has 0 aromatic heterocycles.